The Morgan fingerprint density at radius 2 is 1.32 bits per heavy atom. The average molecular weight is 519 g/mol. The van der Waals surface area contributed by atoms with Crippen molar-refractivity contribution in [1.29, 1.82) is 0 Å². The standard InChI is InChI=1S/C31H36NO6/c1-30(2,3)38-29(35)32(21-33)20-25(34)19-28(32)31(22-9-7-6-8-10-22,23-11-15-26(36-4)16-12-23)24-13-17-27(37-5)18-14-24/h6-18,21,25,28,34H,19-20H2,1-5H3/q+1/t25-,28-,32?/m1/s1. The zero-order valence-corrected chi connectivity index (χ0v) is 22.6. The number of quaternary nitrogens is 1. The van der Waals surface area contributed by atoms with Crippen molar-refractivity contribution in [1.82, 2.24) is 0 Å². The van der Waals surface area contributed by atoms with Crippen molar-refractivity contribution in [2.45, 2.75) is 50.4 Å². The molecule has 1 heterocycles. The lowest BCUT2D eigenvalue weighted by Crippen LogP contribution is -2.64. The monoisotopic (exact) mass is 518 g/mol. The number of methoxy groups -OCH3 is 2. The second kappa shape index (κ2) is 10.6. The first-order chi connectivity index (χ1) is 18.1. The molecule has 0 aromatic heterocycles. The van der Waals surface area contributed by atoms with Crippen molar-refractivity contribution in [2.75, 3.05) is 20.8 Å². The number of ether oxygens (including phenoxy) is 3. The Balaban J connectivity index is 2.09. The largest absolute Gasteiger partial charge is 0.524 e. The summed E-state index contributed by atoms with van der Waals surface area (Å²) in [5, 5.41) is 11.1. The van der Waals surface area contributed by atoms with Crippen LogP contribution in [0, 0.1) is 0 Å². The van der Waals surface area contributed by atoms with Crippen LogP contribution in [0.25, 0.3) is 0 Å². The van der Waals surface area contributed by atoms with Crippen LogP contribution in [0.4, 0.5) is 4.79 Å². The fourth-order valence-corrected chi connectivity index (χ4v) is 5.71. The summed E-state index contributed by atoms with van der Waals surface area (Å²) in [7, 11) is 3.21. The van der Waals surface area contributed by atoms with Gasteiger partial charge in [0.2, 0.25) is 0 Å². The number of hydrogen-bond donors (Lipinski definition) is 1. The number of carbonyl (C=O) groups is 2. The zero-order chi connectivity index (χ0) is 27.6. The van der Waals surface area contributed by atoms with E-state index in [4.69, 9.17) is 14.2 Å². The van der Waals surface area contributed by atoms with Crippen molar-refractivity contribution in [3.8, 4) is 11.5 Å². The molecule has 38 heavy (non-hydrogen) atoms. The Hall–Kier alpha value is -3.68. The molecule has 0 bridgehead atoms. The van der Waals surface area contributed by atoms with Gasteiger partial charge in [-0.2, -0.15) is 9.28 Å². The molecule has 2 amide bonds. The number of nitrogens with zero attached hydrogens (tertiary/aromatic N) is 1. The van der Waals surface area contributed by atoms with Gasteiger partial charge < -0.3 is 19.3 Å². The van der Waals surface area contributed by atoms with Crippen LogP contribution in [0.3, 0.4) is 0 Å². The molecule has 1 N–H and O–H groups in total. The van der Waals surface area contributed by atoms with Gasteiger partial charge in [-0.15, -0.1) is 0 Å². The highest BCUT2D eigenvalue weighted by Gasteiger charge is 2.64. The summed E-state index contributed by atoms with van der Waals surface area (Å²) in [5.41, 5.74) is 0.736. The van der Waals surface area contributed by atoms with Crippen LogP contribution < -0.4 is 9.47 Å². The number of carbonyl (C=O) groups excluding carboxylic acids is 2. The molecule has 3 atom stereocenters. The van der Waals surface area contributed by atoms with Gasteiger partial charge >= 0.3 is 12.5 Å². The molecular formula is C31H36NO6+. The molecule has 0 spiro atoms. The van der Waals surface area contributed by atoms with Crippen LogP contribution in [0.5, 0.6) is 11.5 Å². The molecule has 200 valence electrons. The lowest BCUT2D eigenvalue weighted by Gasteiger charge is -2.45. The molecule has 4 rings (SSSR count). The van der Waals surface area contributed by atoms with Gasteiger partial charge in [0.15, 0.2) is 0 Å². The summed E-state index contributed by atoms with van der Waals surface area (Å²) < 4.78 is 16.0. The first-order valence-electron chi connectivity index (χ1n) is 12.7. The van der Waals surface area contributed by atoms with E-state index < -0.39 is 33.7 Å². The Morgan fingerprint density at radius 1 is 0.842 bits per heavy atom. The van der Waals surface area contributed by atoms with Gasteiger partial charge in [0.25, 0.3) is 0 Å². The number of hydrogen-bond acceptors (Lipinski definition) is 6. The summed E-state index contributed by atoms with van der Waals surface area (Å²) >= 11 is 0. The molecule has 1 aliphatic heterocycles. The van der Waals surface area contributed by atoms with Crippen molar-refractivity contribution in [3.05, 3.63) is 95.6 Å². The number of amides is 2. The molecule has 7 heteroatoms. The van der Waals surface area contributed by atoms with E-state index >= 15 is 0 Å². The predicted molar refractivity (Wildman–Crippen MR) is 144 cm³/mol. The van der Waals surface area contributed by atoms with Crippen molar-refractivity contribution >= 4 is 12.5 Å². The number of rotatable bonds is 7. The first-order valence-corrected chi connectivity index (χ1v) is 12.7. The van der Waals surface area contributed by atoms with E-state index in [-0.39, 0.29) is 13.0 Å². The quantitative estimate of drug-likeness (QED) is 0.267. The molecule has 3 aromatic rings. The lowest BCUT2D eigenvalue weighted by atomic mass is 9.63. The first kappa shape index (κ1) is 27.4. The van der Waals surface area contributed by atoms with Crippen LogP contribution in [0.15, 0.2) is 78.9 Å². The van der Waals surface area contributed by atoms with Crippen LogP contribution in [-0.2, 0) is 14.9 Å². The third-order valence-electron chi connectivity index (χ3n) is 7.31. The van der Waals surface area contributed by atoms with Gasteiger partial charge in [-0.1, -0.05) is 54.6 Å². The number of aliphatic hydroxyl groups excluding tert-OH is 1. The fourth-order valence-electron chi connectivity index (χ4n) is 5.71. The van der Waals surface area contributed by atoms with Crippen molar-refractivity contribution in [3.63, 3.8) is 0 Å². The smallest absolute Gasteiger partial charge is 0.497 e. The molecule has 1 aliphatic rings. The van der Waals surface area contributed by atoms with Gasteiger partial charge in [-0.05, 0) is 61.7 Å². The average Bonchev–Trinajstić information content (AvgIpc) is 3.27. The Labute approximate surface area is 224 Å². The highest BCUT2D eigenvalue weighted by Crippen LogP contribution is 2.50. The van der Waals surface area contributed by atoms with Crippen molar-refractivity contribution < 1.29 is 33.4 Å². The van der Waals surface area contributed by atoms with Crippen LogP contribution in [0.2, 0.25) is 0 Å². The molecule has 3 aromatic carbocycles. The summed E-state index contributed by atoms with van der Waals surface area (Å²) in [6, 6.07) is 24.4. The number of benzene rings is 3. The topological polar surface area (TPSA) is 82.1 Å². The highest BCUT2D eigenvalue weighted by atomic mass is 16.6. The minimum absolute atomic E-state index is 0.0794. The minimum Gasteiger partial charge on any atom is -0.497 e. The van der Waals surface area contributed by atoms with Gasteiger partial charge in [0.05, 0.1) is 19.6 Å². The van der Waals surface area contributed by atoms with E-state index in [1.807, 2.05) is 78.9 Å². The SMILES string of the molecule is COc1ccc(C(c2ccccc2)(c2ccc(OC)cc2)[C@H]2C[C@@H](O)C[N+]2(C=O)C(=O)OC(C)(C)C)cc1. The summed E-state index contributed by atoms with van der Waals surface area (Å²) in [6.07, 6.45) is -0.737. The Morgan fingerprint density at radius 3 is 1.74 bits per heavy atom. The molecule has 1 saturated heterocycles. The Kier molecular flexibility index (Phi) is 7.63. The summed E-state index contributed by atoms with van der Waals surface area (Å²) in [4.78, 5) is 27.0. The third-order valence-corrected chi connectivity index (χ3v) is 7.31. The maximum Gasteiger partial charge on any atom is 0.524 e. The van der Waals surface area contributed by atoms with Crippen LogP contribution in [-0.4, -0.2) is 60.6 Å². The van der Waals surface area contributed by atoms with E-state index in [0.717, 1.165) is 16.7 Å². The summed E-state index contributed by atoms with van der Waals surface area (Å²) in [6.45, 7) is 5.23. The van der Waals surface area contributed by atoms with Crippen molar-refractivity contribution in [2.24, 2.45) is 0 Å². The molecule has 0 saturated carbocycles. The van der Waals surface area contributed by atoms with E-state index in [1.54, 1.807) is 35.0 Å². The number of imide groups is 1. The zero-order valence-electron chi connectivity index (χ0n) is 22.6. The van der Waals surface area contributed by atoms with E-state index in [2.05, 4.69) is 0 Å². The van der Waals surface area contributed by atoms with Crippen LogP contribution >= 0.6 is 0 Å². The van der Waals surface area contributed by atoms with E-state index in [9.17, 15) is 14.7 Å². The predicted octanol–water partition coefficient (Wildman–Crippen LogP) is 5.08. The highest BCUT2D eigenvalue weighted by molar-refractivity contribution is 5.71. The van der Waals surface area contributed by atoms with Crippen LogP contribution in [0.1, 0.15) is 43.9 Å². The van der Waals surface area contributed by atoms with Gasteiger partial charge in [-0.3, -0.25) is 0 Å². The van der Waals surface area contributed by atoms with Gasteiger partial charge in [0, 0.05) is 6.42 Å². The van der Waals surface area contributed by atoms with E-state index in [0.29, 0.717) is 17.9 Å². The molecular weight excluding hydrogens is 482 g/mol. The second-order valence-electron chi connectivity index (χ2n) is 10.7. The fraction of sp³-hybridized carbons (Fsp3) is 0.355. The molecule has 0 radical (unpaired) electrons. The number of aliphatic hydroxyl groups is 1. The maximum absolute atomic E-state index is 13.9. The number of likely N-dealkylation sites (tertiary alicyclic amines) is 1. The Bertz CT molecular complexity index is 1200. The molecule has 1 unspecified atom stereocenters. The normalized spacial score (nSPS) is 21.5. The molecule has 0 aliphatic carbocycles. The summed E-state index contributed by atoms with van der Waals surface area (Å²) in [5.74, 6) is 1.36. The van der Waals surface area contributed by atoms with Gasteiger partial charge in [0.1, 0.15) is 35.8 Å². The third kappa shape index (κ3) is 4.79. The second-order valence-corrected chi connectivity index (χ2v) is 10.7. The lowest BCUT2D eigenvalue weighted by molar-refractivity contribution is -0.792. The minimum atomic E-state index is -1.02. The van der Waals surface area contributed by atoms with E-state index in [1.165, 1.54) is 0 Å². The maximum atomic E-state index is 13.9. The molecule has 1 fully saturated rings. The van der Waals surface area contributed by atoms with Gasteiger partial charge in [-0.25, -0.2) is 4.79 Å². The molecule has 7 nitrogen and oxygen atoms in total.